The van der Waals surface area contributed by atoms with Crippen LogP contribution in [0.4, 0.5) is 0 Å². The van der Waals surface area contributed by atoms with Gasteiger partial charge in [-0.25, -0.2) is 15.0 Å². The minimum atomic E-state index is -0.192. The zero-order valence-electron chi connectivity index (χ0n) is 31.9. The van der Waals surface area contributed by atoms with Crippen LogP contribution >= 0.6 is 0 Å². The predicted octanol–water partition coefficient (Wildman–Crippen LogP) is 13.5. The normalized spacial score (nSPS) is 14.4. The largest absolute Gasteiger partial charge is 0.208 e. The van der Waals surface area contributed by atoms with Crippen LogP contribution in [0, 0.1) is 0 Å². The standard InChI is InChI=1S/C53H39N3/c1-52(2)41-24-14-12-22-39(41)45-43(52)30-35-18-8-10-20-37(35)47(45)50-54-49(34-28-26-33(27-29-34)32-16-6-5-7-17-32)55-51(56-50)48-38-21-11-9-19-36(38)31-44-46(48)40-23-13-15-25-42(40)53(44,3)4/h5-31H,1-4H3. The summed E-state index contributed by atoms with van der Waals surface area (Å²) in [5.41, 5.74) is 15.1. The molecule has 0 bridgehead atoms. The molecule has 56 heavy (non-hydrogen) atoms. The third kappa shape index (κ3) is 4.67. The maximum absolute atomic E-state index is 5.64. The molecule has 1 heterocycles. The van der Waals surface area contributed by atoms with E-state index in [1.165, 1.54) is 60.8 Å². The lowest BCUT2D eigenvalue weighted by Gasteiger charge is -2.23. The van der Waals surface area contributed by atoms with Crippen molar-refractivity contribution in [2.75, 3.05) is 0 Å². The van der Waals surface area contributed by atoms with Gasteiger partial charge in [0.1, 0.15) is 0 Å². The Hall–Kier alpha value is -6.71. The number of hydrogen-bond acceptors (Lipinski definition) is 3. The molecule has 0 radical (unpaired) electrons. The first-order valence-electron chi connectivity index (χ1n) is 19.5. The minimum Gasteiger partial charge on any atom is -0.208 e. The lowest BCUT2D eigenvalue weighted by atomic mass is 9.81. The molecule has 0 spiro atoms. The number of fused-ring (bicyclic) bond motifs is 8. The highest BCUT2D eigenvalue weighted by atomic mass is 15.0. The van der Waals surface area contributed by atoms with Gasteiger partial charge in [0.05, 0.1) is 0 Å². The minimum absolute atomic E-state index is 0.192. The molecule has 0 N–H and O–H groups in total. The van der Waals surface area contributed by atoms with Gasteiger partial charge in [-0.2, -0.15) is 0 Å². The summed E-state index contributed by atoms with van der Waals surface area (Å²) in [5.74, 6) is 2.03. The Morgan fingerprint density at radius 2 is 0.714 bits per heavy atom. The second-order valence-electron chi connectivity index (χ2n) is 16.4. The van der Waals surface area contributed by atoms with Gasteiger partial charge < -0.3 is 0 Å². The van der Waals surface area contributed by atoms with Crippen molar-refractivity contribution in [3.05, 3.63) is 186 Å². The monoisotopic (exact) mass is 717 g/mol. The molecule has 8 aromatic carbocycles. The predicted molar refractivity (Wildman–Crippen MR) is 232 cm³/mol. The van der Waals surface area contributed by atoms with Crippen molar-refractivity contribution in [2.24, 2.45) is 0 Å². The van der Waals surface area contributed by atoms with E-state index in [2.05, 4.69) is 191 Å². The summed E-state index contributed by atoms with van der Waals surface area (Å²) < 4.78 is 0. The first kappa shape index (κ1) is 32.7. The topological polar surface area (TPSA) is 38.7 Å². The van der Waals surface area contributed by atoms with Gasteiger partial charge in [0.2, 0.25) is 0 Å². The Balaban J connectivity index is 1.26. The van der Waals surface area contributed by atoms with Crippen LogP contribution in [0.5, 0.6) is 0 Å². The summed E-state index contributed by atoms with van der Waals surface area (Å²) in [4.78, 5) is 16.6. The van der Waals surface area contributed by atoms with Crippen LogP contribution in [0.3, 0.4) is 0 Å². The molecular formula is C53H39N3. The molecule has 2 aliphatic carbocycles. The van der Waals surface area contributed by atoms with Crippen molar-refractivity contribution in [1.29, 1.82) is 0 Å². The Morgan fingerprint density at radius 1 is 0.321 bits per heavy atom. The first-order valence-corrected chi connectivity index (χ1v) is 19.5. The average molecular weight is 718 g/mol. The molecule has 0 aliphatic heterocycles. The molecular weight excluding hydrogens is 679 g/mol. The van der Waals surface area contributed by atoms with E-state index in [9.17, 15) is 0 Å². The van der Waals surface area contributed by atoms with Crippen LogP contribution in [-0.2, 0) is 10.8 Å². The van der Waals surface area contributed by atoms with E-state index < -0.39 is 0 Å². The molecule has 9 aromatic rings. The van der Waals surface area contributed by atoms with Crippen molar-refractivity contribution < 1.29 is 0 Å². The fraction of sp³-hybridized carbons (Fsp3) is 0.113. The molecule has 1 aromatic heterocycles. The lowest BCUT2D eigenvalue weighted by Crippen LogP contribution is -2.15. The molecule has 11 rings (SSSR count). The van der Waals surface area contributed by atoms with Gasteiger partial charge in [-0.1, -0.05) is 179 Å². The summed E-state index contributed by atoms with van der Waals surface area (Å²) in [6.45, 7) is 9.36. The van der Waals surface area contributed by atoms with Crippen LogP contribution in [0.25, 0.3) is 89.1 Å². The second kappa shape index (κ2) is 11.9. The molecule has 0 saturated heterocycles. The molecule has 0 saturated carbocycles. The molecule has 3 nitrogen and oxygen atoms in total. The molecule has 2 aliphatic rings. The van der Waals surface area contributed by atoms with Crippen LogP contribution in [0.15, 0.2) is 164 Å². The highest BCUT2D eigenvalue weighted by molar-refractivity contribution is 6.09. The maximum atomic E-state index is 5.64. The Bertz CT molecular complexity index is 2900. The summed E-state index contributed by atoms with van der Waals surface area (Å²) in [6, 6.07) is 59.1. The summed E-state index contributed by atoms with van der Waals surface area (Å²) in [6.07, 6.45) is 0. The fourth-order valence-electron chi connectivity index (χ4n) is 9.66. The third-order valence-corrected chi connectivity index (χ3v) is 12.5. The van der Waals surface area contributed by atoms with Gasteiger partial charge in [-0.05, 0) is 89.3 Å². The van der Waals surface area contributed by atoms with Crippen LogP contribution < -0.4 is 0 Å². The van der Waals surface area contributed by atoms with E-state index >= 15 is 0 Å². The molecule has 0 unspecified atom stereocenters. The highest BCUT2D eigenvalue weighted by Gasteiger charge is 2.40. The Labute approximate surface area is 327 Å². The smallest absolute Gasteiger partial charge is 0.165 e. The zero-order chi connectivity index (χ0) is 37.8. The zero-order valence-corrected chi connectivity index (χ0v) is 31.9. The Morgan fingerprint density at radius 3 is 1.23 bits per heavy atom. The van der Waals surface area contributed by atoms with Gasteiger partial charge in [0.25, 0.3) is 0 Å². The van der Waals surface area contributed by atoms with E-state index in [-0.39, 0.29) is 10.8 Å². The first-order chi connectivity index (χ1) is 27.3. The van der Waals surface area contributed by atoms with Crippen LogP contribution in [-0.4, -0.2) is 15.0 Å². The van der Waals surface area contributed by atoms with Crippen molar-refractivity contribution in [3.8, 4) is 67.5 Å². The molecule has 0 fully saturated rings. The number of benzene rings is 8. The van der Waals surface area contributed by atoms with E-state index in [0.29, 0.717) is 17.5 Å². The molecule has 0 atom stereocenters. The van der Waals surface area contributed by atoms with E-state index in [0.717, 1.165) is 33.0 Å². The van der Waals surface area contributed by atoms with E-state index in [1.807, 2.05) is 0 Å². The molecule has 0 amide bonds. The van der Waals surface area contributed by atoms with E-state index in [1.54, 1.807) is 0 Å². The summed E-state index contributed by atoms with van der Waals surface area (Å²) in [5, 5.41) is 4.63. The van der Waals surface area contributed by atoms with Crippen molar-refractivity contribution in [2.45, 2.75) is 38.5 Å². The Kier molecular flexibility index (Phi) is 6.94. The third-order valence-electron chi connectivity index (χ3n) is 12.5. The van der Waals surface area contributed by atoms with Crippen LogP contribution in [0.2, 0.25) is 0 Å². The second-order valence-corrected chi connectivity index (χ2v) is 16.4. The van der Waals surface area contributed by atoms with Gasteiger partial charge in [0.15, 0.2) is 17.5 Å². The lowest BCUT2D eigenvalue weighted by molar-refractivity contribution is 0.661. The summed E-state index contributed by atoms with van der Waals surface area (Å²) in [7, 11) is 0. The molecule has 3 heteroatoms. The number of hydrogen-bond donors (Lipinski definition) is 0. The van der Waals surface area contributed by atoms with E-state index in [4.69, 9.17) is 15.0 Å². The average Bonchev–Trinajstić information content (AvgIpc) is 3.61. The van der Waals surface area contributed by atoms with Gasteiger partial charge >= 0.3 is 0 Å². The van der Waals surface area contributed by atoms with Crippen molar-refractivity contribution in [3.63, 3.8) is 0 Å². The SMILES string of the molecule is CC1(C)c2ccccc2-c2c1cc1ccccc1c2-c1nc(-c2ccc(-c3ccccc3)cc2)nc(-c2c3c(cc4ccccc24)C(C)(C)c2ccccc2-3)n1. The van der Waals surface area contributed by atoms with Gasteiger partial charge in [0, 0.05) is 27.5 Å². The quantitative estimate of drug-likeness (QED) is 0.182. The van der Waals surface area contributed by atoms with Crippen molar-refractivity contribution >= 4 is 21.5 Å². The fourth-order valence-corrected chi connectivity index (χ4v) is 9.66. The highest BCUT2D eigenvalue weighted by Crippen LogP contribution is 2.56. The van der Waals surface area contributed by atoms with Gasteiger partial charge in [-0.3, -0.25) is 0 Å². The van der Waals surface area contributed by atoms with Crippen LogP contribution in [0.1, 0.15) is 49.9 Å². The van der Waals surface area contributed by atoms with Crippen molar-refractivity contribution in [1.82, 2.24) is 15.0 Å². The number of nitrogens with zero attached hydrogens (tertiary/aromatic N) is 3. The number of rotatable bonds is 4. The number of aromatic nitrogens is 3. The maximum Gasteiger partial charge on any atom is 0.165 e. The van der Waals surface area contributed by atoms with Gasteiger partial charge in [-0.15, -0.1) is 0 Å². The molecule has 266 valence electrons. The summed E-state index contributed by atoms with van der Waals surface area (Å²) >= 11 is 0.